The van der Waals surface area contributed by atoms with Gasteiger partial charge < -0.3 is 14.4 Å². The Balaban J connectivity index is 1.85. The Morgan fingerprint density at radius 2 is 2.13 bits per heavy atom. The van der Waals surface area contributed by atoms with Gasteiger partial charge in [-0.2, -0.15) is 11.8 Å². The molecule has 2 aliphatic heterocycles. The minimum absolute atomic E-state index is 0.348. The average Bonchev–Trinajstić information content (AvgIpc) is 2.77. The Hall–Kier alpha value is -1.03. The van der Waals surface area contributed by atoms with E-state index in [2.05, 4.69) is 22.8 Å². The maximum absolute atomic E-state index is 5.37. The summed E-state index contributed by atoms with van der Waals surface area (Å²) in [5.41, 5.74) is 1.22. The molecule has 3 rings (SSSR count). The Labute approximate surface area is 93.4 Å². The SMILES string of the molecule is [CH]1CN(c2ccc3c(c2)OCO3)CCS1. The molecule has 0 aromatic heterocycles. The van der Waals surface area contributed by atoms with Gasteiger partial charge in [0.1, 0.15) is 0 Å². The zero-order chi connectivity index (χ0) is 10.1. The number of fused-ring (bicyclic) bond motifs is 1. The van der Waals surface area contributed by atoms with E-state index in [-0.39, 0.29) is 0 Å². The lowest BCUT2D eigenvalue weighted by atomic mass is 10.2. The van der Waals surface area contributed by atoms with Gasteiger partial charge in [-0.1, -0.05) is 0 Å². The number of hydrogen-bond donors (Lipinski definition) is 0. The second-order valence-corrected chi connectivity index (χ2v) is 4.60. The standard InChI is InChI=1S/C11H12NO2S/c1-2-10-11(14-8-13-10)7-9(1)12-3-5-15-6-4-12/h1-2,5,7H,3-4,6,8H2. The summed E-state index contributed by atoms with van der Waals surface area (Å²) >= 11 is 1.90. The van der Waals surface area contributed by atoms with E-state index in [9.17, 15) is 0 Å². The number of thioether (sulfide) groups is 1. The Morgan fingerprint density at radius 3 is 3.00 bits per heavy atom. The van der Waals surface area contributed by atoms with Crippen LogP contribution in [0.4, 0.5) is 5.69 Å². The van der Waals surface area contributed by atoms with Crippen LogP contribution in [0, 0.1) is 5.75 Å². The maximum Gasteiger partial charge on any atom is 0.231 e. The Bertz CT molecular complexity index is 364. The third kappa shape index (κ3) is 1.74. The highest BCUT2D eigenvalue weighted by Crippen LogP contribution is 2.36. The van der Waals surface area contributed by atoms with Crippen LogP contribution in [-0.4, -0.2) is 25.6 Å². The van der Waals surface area contributed by atoms with E-state index in [1.165, 1.54) is 5.69 Å². The van der Waals surface area contributed by atoms with Crippen LogP contribution in [0.3, 0.4) is 0 Å². The van der Waals surface area contributed by atoms with Crippen LogP contribution in [0.2, 0.25) is 0 Å². The molecule has 0 N–H and O–H groups in total. The van der Waals surface area contributed by atoms with Gasteiger partial charge in [-0.15, -0.1) is 0 Å². The molecule has 0 saturated carbocycles. The first-order chi connectivity index (χ1) is 7.43. The summed E-state index contributed by atoms with van der Waals surface area (Å²) in [6.45, 7) is 2.45. The summed E-state index contributed by atoms with van der Waals surface area (Å²) in [5.74, 6) is 5.13. The van der Waals surface area contributed by atoms with Gasteiger partial charge in [0.25, 0.3) is 0 Å². The average molecular weight is 222 g/mol. The van der Waals surface area contributed by atoms with Crippen LogP contribution in [0.25, 0.3) is 0 Å². The van der Waals surface area contributed by atoms with Crippen LogP contribution in [-0.2, 0) is 0 Å². The molecule has 4 heteroatoms. The fraction of sp³-hybridized carbons (Fsp3) is 0.364. The highest BCUT2D eigenvalue weighted by Gasteiger charge is 2.17. The third-order valence-electron chi connectivity index (χ3n) is 2.61. The molecule has 1 aromatic rings. The highest BCUT2D eigenvalue weighted by atomic mass is 32.2. The van der Waals surface area contributed by atoms with Gasteiger partial charge in [0.2, 0.25) is 6.79 Å². The van der Waals surface area contributed by atoms with Crippen LogP contribution < -0.4 is 14.4 Å². The summed E-state index contributed by atoms with van der Waals surface area (Å²) < 4.78 is 10.7. The summed E-state index contributed by atoms with van der Waals surface area (Å²) in [6, 6.07) is 6.14. The fourth-order valence-corrected chi connectivity index (χ4v) is 2.57. The van der Waals surface area contributed by atoms with Crippen molar-refractivity contribution in [1.29, 1.82) is 0 Å². The van der Waals surface area contributed by atoms with E-state index in [1.54, 1.807) is 0 Å². The van der Waals surface area contributed by atoms with Gasteiger partial charge in [-0.05, 0) is 12.1 Å². The maximum atomic E-state index is 5.37. The molecule has 0 unspecified atom stereocenters. The summed E-state index contributed by atoms with van der Waals surface area (Å²) in [4.78, 5) is 2.35. The largest absolute Gasteiger partial charge is 0.454 e. The van der Waals surface area contributed by atoms with Crippen molar-refractivity contribution < 1.29 is 9.47 Å². The lowest BCUT2D eigenvalue weighted by Gasteiger charge is -2.28. The number of hydrogen-bond acceptors (Lipinski definition) is 4. The fourth-order valence-electron chi connectivity index (χ4n) is 1.80. The molecule has 2 aliphatic rings. The monoisotopic (exact) mass is 222 g/mol. The summed E-state index contributed by atoms with van der Waals surface area (Å²) in [5, 5.41) is 0. The highest BCUT2D eigenvalue weighted by molar-refractivity contribution is 8.01. The Kier molecular flexibility index (Phi) is 2.37. The first-order valence-corrected chi connectivity index (χ1v) is 6.06. The molecule has 1 saturated heterocycles. The number of benzene rings is 1. The van der Waals surface area contributed by atoms with Gasteiger partial charge in [-0.25, -0.2) is 0 Å². The minimum Gasteiger partial charge on any atom is -0.454 e. The predicted molar refractivity (Wildman–Crippen MR) is 61.5 cm³/mol. The van der Waals surface area contributed by atoms with Gasteiger partial charge in [0.05, 0.1) is 0 Å². The van der Waals surface area contributed by atoms with Crippen molar-refractivity contribution in [1.82, 2.24) is 0 Å². The molecule has 1 aromatic carbocycles. The second kappa shape index (κ2) is 3.85. The third-order valence-corrected chi connectivity index (χ3v) is 3.42. The lowest BCUT2D eigenvalue weighted by Crippen LogP contribution is -2.30. The van der Waals surface area contributed by atoms with Gasteiger partial charge in [0, 0.05) is 36.3 Å². The number of anilines is 1. The number of ether oxygens (including phenoxy) is 2. The van der Waals surface area contributed by atoms with Crippen molar-refractivity contribution in [3.05, 3.63) is 24.0 Å². The zero-order valence-electron chi connectivity index (χ0n) is 8.31. The molecular weight excluding hydrogens is 210 g/mol. The molecule has 2 heterocycles. The van der Waals surface area contributed by atoms with E-state index < -0.39 is 0 Å². The van der Waals surface area contributed by atoms with Crippen LogP contribution in [0.1, 0.15) is 0 Å². The second-order valence-electron chi connectivity index (χ2n) is 3.52. The molecule has 0 amide bonds. The zero-order valence-corrected chi connectivity index (χ0v) is 9.13. The molecule has 1 fully saturated rings. The number of nitrogens with zero attached hydrogens (tertiary/aromatic N) is 1. The molecule has 3 nitrogen and oxygen atoms in total. The molecule has 0 aliphatic carbocycles. The number of rotatable bonds is 1. The van der Waals surface area contributed by atoms with Crippen molar-refractivity contribution in [2.24, 2.45) is 0 Å². The lowest BCUT2D eigenvalue weighted by molar-refractivity contribution is 0.174. The van der Waals surface area contributed by atoms with E-state index in [1.807, 2.05) is 17.8 Å². The molecule has 15 heavy (non-hydrogen) atoms. The minimum atomic E-state index is 0.348. The molecule has 79 valence electrons. The van der Waals surface area contributed by atoms with E-state index in [0.717, 1.165) is 30.3 Å². The normalized spacial score (nSPS) is 19.3. The molecule has 0 bridgehead atoms. The van der Waals surface area contributed by atoms with Gasteiger partial charge in [-0.3, -0.25) is 0 Å². The smallest absolute Gasteiger partial charge is 0.231 e. The van der Waals surface area contributed by atoms with Crippen LogP contribution in [0.5, 0.6) is 11.5 Å². The van der Waals surface area contributed by atoms with Gasteiger partial charge >= 0.3 is 0 Å². The molecule has 1 radical (unpaired) electrons. The van der Waals surface area contributed by atoms with E-state index in [4.69, 9.17) is 9.47 Å². The molecule has 0 spiro atoms. The van der Waals surface area contributed by atoms with Crippen molar-refractivity contribution in [2.75, 3.05) is 30.5 Å². The summed E-state index contributed by atoms with van der Waals surface area (Å²) in [7, 11) is 0. The van der Waals surface area contributed by atoms with Crippen molar-refractivity contribution in [3.63, 3.8) is 0 Å². The first-order valence-electron chi connectivity index (χ1n) is 5.01. The van der Waals surface area contributed by atoms with Gasteiger partial charge in [0.15, 0.2) is 11.5 Å². The van der Waals surface area contributed by atoms with Crippen LogP contribution in [0.15, 0.2) is 18.2 Å². The van der Waals surface area contributed by atoms with E-state index >= 15 is 0 Å². The summed E-state index contributed by atoms with van der Waals surface area (Å²) in [6.07, 6.45) is 0. The van der Waals surface area contributed by atoms with Crippen LogP contribution >= 0.6 is 11.8 Å². The van der Waals surface area contributed by atoms with Crippen molar-refractivity contribution in [3.8, 4) is 11.5 Å². The Morgan fingerprint density at radius 1 is 1.20 bits per heavy atom. The topological polar surface area (TPSA) is 21.7 Å². The quantitative estimate of drug-likeness (QED) is 0.725. The first kappa shape index (κ1) is 9.21. The van der Waals surface area contributed by atoms with E-state index in [0.29, 0.717) is 6.79 Å². The van der Waals surface area contributed by atoms with Crippen molar-refractivity contribution in [2.45, 2.75) is 0 Å². The molecular formula is C11H12NO2S. The predicted octanol–water partition coefficient (Wildman–Crippen LogP) is 2.13. The molecule has 0 atom stereocenters. The van der Waals surface area contributed by atoms with Crippen molar-refractivity contribution >= 4 is 17.4 Å².